The van der Waals surface area contributed by atoms with Crippen molar-refractivity contribution in [3.63, 3.8) is 0 Å². The Morgan fingerprint density at radius 3 is 2.50 bits per heavy atom. The van der Waals surface area contributed by atoms with Gasteiger partial charge in [-0.05, 0) is 50.8 Å². The van der Waals surface area contributed by atoms with Crippen LogP contribution in [0.5, 0.6) is 0 Å². The van der Waals surface area contributed by atoms with Crippen LogP contribution in [0.3, 0.4) is 0 Å². The molecule has 1 heterocycles. The fraction of sp³-hybridized carbons (Fsp3) is 0.438. The molecule has 0 atom stereocenters. The molecular formula is C16H19NO3. The highest BCUT2D eigenvalue weighted by Crippen LogP contribution is 2.32. The molecule has 0 bridgehead atoms. The molecule has 0 unspecified atom stereocenters. The van der Waals surface area contributed by atoms with E-state index in [0.29, 0.717) is 18.5 Å². The first-order valence-electron chi connectivity index (χ1n) is 6.88. The van der Waals surface area contributed by atoms with Gasteiger partial charge >= 0.3 is 0 Å². The first-order valence-corrected chi connectivity index (χ1v) is 6.88. The Bertz CT molecular complexity index is 590. The molecule has 0 N–H and O–H groups in total. The van der Waals surface area contributed by atoms with Crippen molar-refractivity contribution in [3.8, 4) is 0 Å². The smallest absolute Gasteiger partial charge is 0.299 e. The fourth-order valence-corrected chi connectivity index (χ4v) is 2.66. The zero-order valence-corrected chi connectivity index (χ0v) is 12.2. The Morgan fingerprint density at radius 1 is 1.15 bits per heavy atom. The van der Waals surface area contributed by atoms with Crippen LogP contribution in [0.1, 0.15) is 47.7 Å². The Kier molecular flexibility index (Phi) is 4.02. The first-order chi connectivity index (χ1) is 9.41. The number of benzene rings is 1. The van der Waals surface area contributed by atoms with E-state index < -0.39 is 11.7 Å². The second kappa shape index (κ2) is 5.57. The monoisotopic (exact) mass is 273 g/mol. The number of unbranched alkanes of at least 4 members (excludes halogenated alkanes) is 1. The predicted molar refractivity (Wildman–Crippen MR) is 77.1 cm³/mol. The molecule has 1 amide bonds. The van der Waals surface area contributed by atoms with Gasteiger partial charge in [0.2, 0.25) is 0 Å². The number of amides is 1. The molecule has 0 saturated heterocycles. The standard InChI is InChI=1S/C16H19NO3/c1-10-8-11(2)14-13(9-10)17(16(20)15(14)19)7-5-4-6-12(3)18/h8-9H,4-7H2,1-3H3. The quantitative estimate of drug-likeness (QED) is 0.612. The van der Waals surface area contributed by atoms with E-state index in [4.69, 9.17) is 0 Å². The molecule has 1 aromatic carbocycles. The number of Topliss-reactive ketones (excluding diaryl/α,β-unsaturated/α-hetero) is 2. The van der Waals surface area contributed by atoms with Crippen LogP contribution < -0.4 is 4.90 Å². The Balaban J connectivity index is 2.18. The summed E-state index contributed by atoms with van der Waals surface area (Å²) in [5, 5.41) is 0. The van der Waals surface area contributed by atoms with Gasteiger partial charge in [0.25, 0.3) is 11.7 Å². The van der Waals surface area contributed by atoms with Gasteiger partial charge in [-0.2, -0.15) is 0 Å². The van der Waals surface area contributed by atoms with E-state index in [-0.39, 0.29) is 5.78 Å². The second-order valence-corrected chi connectivity index (χ2v) is 5.42. The van der Waals surface area contributed by atoms with Crippen LogP contribution in [0.25, 0.3) is 0 Å². The molecule has 1 aliphatic rings. The van der Waals surface area contributed by atoms with Gasteiger partial charge in [-0.25, -0.2) is 0 Å². The predicted octanol–water partition coefficient (Wildman–Crippen LogP) is 2.59. The van der Waals surface area contributed by atoms with Gasteiger partial charge in [-0.1, -0.05) is 6.07 Å². The van der Waals surface area contributed by atoms with Crippen molar-refractivity contribution in [1.82, 2.24) is 0 Å². The van der Waals surface area contributed by atoms with E-state index in [1.807, 2.05) is 26.0 Å². The zero-order chi connectivity index (χ0) is 14.9. The van der Waals surface area contributed by atoms with E-state index in [0.717, 1.165) is 29.7 Å². The molecule has 0 aliphatic carbocycles. The van der Waals surface area contributed by atoms with E-state index in [9.17, 15) is 14.4 Å². The van der Waals surface area contributed by atoms with Crippen LogP contribution >= 0.6 is 0 Å². The zero-order valence-electron chi connectivity index (χ0n) is 12.2. The topological polar surface area (TPSA) is 54.5 Å². The number of aryl methyl sites for hydroxylation is 2. The average Bonchev–Trinajstić information content (AvgIpc) is 2.58. The summed E-state index contributed by atoms with van der Waals surface area (Å²) < 4.78 is 0. The largest absolute Gasteiger partial charge is 0.305 e. The van der Waals surface area contributed by atoms with Crippen molar-refractivity contribution in [2.24, 2.45) is 0 Å². The SMILES string of the molecule is CC(=O)CCCCN1C(=O)C(=O)c2c(C)cc(C)cc21. The summed E-state index contributed by atoms with van der Waals surface area (Å²) in [5.74, 6) is -0.707. The number of hydrogen-bond acceptors (Lipinski definition) is 3. The number of rotatable bonds is 5. The number of hydrogen-bond donors (Lipinski definition) is 0. The van der Waals surface area contributed by atoms with Gasteiger partial charge in [-0.3, -0.25) is 9.59 Å². The fourth-order valence-electron chi connectivity index (χ4n) is 2.66. The number of anilines is 1. The molecule has 0 aromatic heterocycles. The molecular weight excluding hydrogens is 254 g/mol. The molecule has 2 rings (SSSR count). The first kappa shape index (κ1) is 14.4. The van der Waals surface area contributed by atoms with E-state index in [2.05, 4.69) is 0 Å². The van der Waals surface area contributed by atoms with Gasteiger partial charge in [0.1, 0.15) is 5.78 Å². The Morgan fingerprint density at radius 2 is 1.85 bits per heavy atom. The summed E-state index contributed by atoms with van der Waals surface area (Å²) in [6.07, 6.45) is 1.99. The Labute approximate surface area is 118 Å². The third-order valence-corrected chi connectivity index (χ3v) is 3.58. The molecule has 1 aliphatic heterocycles. The summed E-state index contributed by atoms with van der Waals surface area (Å²) in [7, 11) is 0. The molecule has 4 heteroatoms. The van der Waals surface area contributed by atoms with E-state index in [1.165, 1.54) is 0 Å². The molecule has 106 valence electrons. The lowest BCUT2D eigenvalue weighted by atomic mass is 10.0. The number of carbonyl (C=O) groups excluding carboxylic acids is 3. The van der Waals surface area contributed by atoms with Gasteiger partial charge in [-0.15, -0.1) is 0 Å². The van der Waals surface area contributed by atoms with Crippen molar-refractivity contribution in [2.45, 2.75) is 40.0 Å². The maximum atomic E-state index is 12.1. The van der Waals surface area contributed by atoms with Crippen LogP contribution in [0.2, 0.25) is 0 Å². The molecule has 0 spiro atoms. The summed E-state index contributed by atoms with van der Waals surface area (Å²) in [6.45, 7) is 5.87. The lowest BCUT2D eigenvalue weighted by Crippen LogP contribution is -2.30. The number of fused-ring (bicyclic) bond motifs is 1. The lowest BCUT2D eigenvalue weighted by molar-refractivity contribution is -0.117. The highest BCUT2D eigenvalue weighted by Gasteiger charge is 2.36. The summed E-state index contributed by atoms with van der Waals surface area (Å²) >= 11 is 0. The van der Waals surface area contributed by atoms with Crippen molar-refractivity contribution in [1.29, 1.82) is 0 Å². The van der Waals surface area contributed by atoms with E-state index in [1.54, 1.807) is 11.8 Å². The molecule has 0 fully saturated rings. The minimum atomic E-state index is -0.448. The van der Waals surface area contributed by atoms with Crippen molar-refractivity contribution < 1.29 is 14.4 Å². The van der Waals surface area contributed by atoms with Gasteiger partial charge in [0.15, 0.2) is 0 Å². The van der Waals surface area contributed by atoms with Crippen LogP contribution in [0, 0.1) is 13.8 Å². The summed E-state index contributed by atoms with van der Waals surface area (Å²) in [5.41, 5.74) is 3.15. The minimum Gasteiger partial charge on any atom is -0.305 e. The molecule has 0 radical (unpaired) electrons. The van der Waals surface area contributed by atoms with Crippen LogP contribution in [0.15, 0.2) is 12.1 Å². The van der Waals surface area contributed by atoms with E-state index >= 15 is 0 Å². The van der Waals surface area contributed by atoms with Crippen molar-refractivity contribution in [3.05, 3.63) is 28.8 Å². The van der Waals surface area contributed by atoms with Gasteiger partial charge in [0.05, 0.1) is 11.3 Å². The normalized spacial score (nSPS) is 13.8. The van der Waals surface area contributed by atoms with Gasteiger partial charge < -0.3 is 9.69 Å². The highest BCUT2D eigenvalue weighted by molar-refractivity contribution is 6.52. The number of ketones is 2. The third kappa shape index (κ3) is 2.64. The van der Waals surface area contributed by atoms with Gasteiger partial charge in [0, 0.05) is 13.0 Å². The van der Waals surface area contributed by atoms with Crippen LogP contribution in [0.4, 0.5) is 5.69 Å². The number of nitrogens with zero attached hydrogens (tertiary/aromatic N) is 1. The Hall–Kier alpha value is -1.97. The molecule has 0 saturated carbocycles. The van der Waals surface area contributed by atoms with Crippen molar-refractivity contribution >= 4 is 23.2 Å². The summed E-state index contributed by atoms with van der Waals surface area (Å²) in [6, 6.07) is 3.80. The maximum Gasteiger partial charge on any atom is 0.299 e. The van der Waals surface area contributed by atoms with Crippen LogP contribution in [-0.4, -0.2) is 24.0 Å². The third-order valence-electron chi connectivity index (χ3n) is 3.58. The number of carbonyl (C=O) groups is 3. The highest BCUT2D eigenvalue weighted by atomic mass is 16.2. The summed E-state index contributed by atoms with van der Waals surface area (Å²) in [4.78, 5) is 36.6. The minimum absolute atomic E-state index is 0.154. The van der Waals surface area contributed by atoms with Crippen molar-refractivity contribution in [2.75, 3.05) is 11.4 Å². The molecule has 20 heavy (non-hydrogen) atoms. The molecule has 4 nitrogen and oxygen atoms in total. The molecule has 1 aromatic rings. The average molecular weight is 273 g/mol. The lowest BCUT2D eigenvalue weighted by Gasteiger charge is -2.17. The van der Waals surface area contributed by atoms with Crippen LogP contribution in [-0.2, 0) is 9.59 Å². The second-order valence-electron chi connectivity index (χ2n) is 5.42. The maximum absolute atomic E-state index is 12.1.